The number of anilines is 1. The van der Waals surface area contributed by atoms with Gasteiger partial charge in [0.1, 0.15) is 0 Å². The predicted molar refractivity (Wildman–Crippen MR) is 124 cm³/mol. The fourth-order valence-electron chi connectivity index (χ4n) is 3.53. The van der Waals surface area contributed by atoms with E-state index in [1.54, 1.807) is 18.2 Å². The molecule has 2 aromatic carbocycles. The lowest BCUT2D eigenvalue weighted by Crippen LogP contribution is -2.41. The van der Waals surface area contributed by atoms with Gasteiger partial charge in [0.05, 0.1) is 23.1 Å². The fraction of sp³-hybridized carbons (Fsp3) is 0.304. The zero-order chi connectivity index (χ0) is 25.8. The molecule has 2 atom stereocenters. The van der Waals surface area contributed by atoms with Crippen LogP contribution in [0.3, 0.4) is 0 Å². The Balaban J connectivity index is 0.000000429. The number of aromatic nitrogens is 2. The Morgan fingerprint density at radius 1 is 1.23 bits per heavy atom. The molecule has 4 rings (SSSR count). The minimum absolute atomic E-state index is 0.0253. The lowest BCUT2D eigenvalue weighted by Gasteiger charge is -2.26. The number of fused-ring (bicyclic) bond motifs is 1. The first-order valence-electron chi connectivity index (χ1n) is 10.5. The van der Waals surface area contributed by atoms with Crippen LogP contribution >= 0.6 is 11.6 Å². The minimum atomic E-state index is -5.08. The molecule has 0 radical (unpaired) electrons. The van der Waals surface area contributed by atoms with Gasteiger partial charge in [-0.15, -0.1) is 0 Å². The molecule has 184 valence electrons. The summed E-state index contributed by atoms with van der Waals surface area (Å²) in [5.41, 5.74) is 2.99. The van der Waals surface area contributed by atoms with E-state index in [4.69, 9.17) is 26.8 Å². The first-order valence-corrected chi connectivity index (χ1v) is 10.9. The summed E-state index contributed by atoms with van der Waals surface area (Å²) in [6, 6.07) is 13.5. The molecule has 1 saturated heterocycles. The van der Waals surface area contributed by atoms with Crippen LogP contribution in [0.5, 0.6) is 0 Å². The van der Waals surface area contributed by atoms with E-state index in [0.717, 1.165) is 34.9 Å². The molecule has 1 fully saturated rings. The SMILES string of the molecule is C[C@@H]1CC[C@@H](C(=O)Nc2n[nH]c3ccc(-c4cc(C#N)ccc4Cl)cc23)CN1.O=C(O)C(F)(F)F. The number of carboxylic acids is 1. The number of aromatic amines is 1. The first kappa shape index (κ1) is 26.0. The summed E-state index contributed by atoms with van der Waals surface area (Å²) in [6.07, 6.45) is -3.23. The summed E-state index contributed by atoms with van der Waals surface area (Å²) >= 11 is 6.34. The Hall–Kier alpha value is -3.62. The van der Waals surface area contributed by atoms with E-state index in [0.29, 0.717) is 29.0 Å². The number of carboxylic acid groups (broad SMARTS) is 1. The average molecular weight is 508 g/mol. The Labute approximate surface area is 203 Å². The topological polar surface area (TPSA) is 131 Å². The number of hydrogen-bond donors (Lipinski definition) is 4. The maximum Gasteiger partial charge on any atom is 0.490 e. The number of nitriles is 1. The first-order chi connectivity index (χ1) is 16.5. The second-order valence-electron chi connectivity index (χ2n) is 8.01. The third-order valence-electron chi connectivity index (χ3n) is 5.49. The minimum Gasteiger partial charge on any atom is -0.475 e. The van der Waals surface area contributed by atoms with Crippen LogP contribution in [-0.2, 0) is 9.59 Å². The predicted octanol–water partition coefficient (Wildman–Crippen LogP) is 4.71. The number of carbonyl (C=O) groups is 2. The molecular formula is C23H21ClF3N5O3. The van der Waals surface area contributed by atoms with Gasteiger partial charge >= 0.3 is 12.1 Å². The van der Waals surface area contributed by atoms with Gasteiger partial charge in [0.15, 0.2) is 5.82 Å². The van der Waals surface area contributed by atoms with Crippen LogP contribution in [0.25, 0.3) is 22.0 Å². The van der Waals surface area contributed by atoms with Crippen LogP contribution in [0.2, 0.25) is 5.02 Å². The van der Waals surface area contributed by atoms with E-state index in [-0.39, 0.29) is 11.8 Å². The smallest absolute Gasteiger partial charge is 0.475 e. The molecule has 1 aliphatic heterocycles. The summed E-state index contributed by atoms with van der Waals surface area (Å²) in [5.74, 6) is -2.34. The Morgan fingerprint density at radius 2 is 1.94 bits per heavy atom. The Kier molecular flexibility index (Phi) is 7.99. The molecule has 12 heteroatoms. The van der Waals surface area contributed by atoms with Crippen molar-refractivity contribution in [3.63, 3.8) is 0 Å². The van der Waals surface area contributed by atoms with Crippen molar-refractivity contribution in [1.29, 1.82) is 5.26 Å². The van der Waals surface area contributed by atoms with Gasteiger partial charge in [-0.25, -0.2) is 4.79 Å². The van der Waals surface area contributed by atoms with Crippen LogP contribution in [-0.4, -0.2) is 45.9 Å². The van der Waals surface area contributed by atoms with Crippen molar-refractivity contribution in [2.75, 3.05) is 11.9 Å². The second-order valence-corrected chi connectivity index (χ2v) is 8.42. The van der Waals surface area contributed by atoms with Crippen LogP contribution in [0.4, 0.5) is 19.0 Å². The number of benzene rings is 2. The zero-order valence-electron chi connectivity index (χ0n) is 18.4. The highest BCUT2D eigenvalue weighted by Crippen LogP contribution is 2.33. The standard InChI is InChI=1S/C21H20ClN5O.C2HF3O2/c1-12-2-4-15(11-24-12)21(28)25-20-17-9-14(5-7-19(17)26-27-20)16-8-13(10-23)3-6-18(16)22;3-2(4,5)1(6)7/h3,5-9,12,15,24H,2,4,11H2,1H3,(H2,25,26,27,28);(H,6,7)/t12-,15-;/m1./s1. The van der Waals surface area contributed by atoms with Gasteiger partial charge in [-0.2, -0.15) is 23.5 Å². The molecule has 0 bridgehead atoms. The van der Waals surface area contributed by atoms with Gasteiger partial charge < -0.3 is 15.7 Å². The maximum absolute atomic E-state index is 12.6. The number of halogens is 4. The van der Waals surface area contributed by atoms with Gasteiger partial charge in [-0.3, -0.25) is 9.89 Å². The molecule has 2 heterocycles. The summed E-state index contributed by atoms with van der Waals surface area (Å²) in [7, 11) is 0. The summed E-state index contributed by atoms with van der Waals surface area (Å²) < 4.78 is 31.7. The van der Waals surface area contributed by atoms with E-state index in [9.17, 15) is 18.0 Å². The molecule has 3 aromatic rings. The fourth-order valence-corrected chi connectivity index (χ4v) is 3.76. The van der Waals surface area contributed by atoms with Gasteiger partial charge in [0.25, 0.3) is 0 Å². The molecule has 8 nitrogen and oxygen atoms in total. The van der Waals surface area contributed by atoms with Crippen LogP contribution in [0, 0.1) is 17.2 Å². The van der Waals surface area contributed by atoms with E-state index in [1.807, 2.05) is 18.2 Å². The van der Waals surface area contributed by atoms with E-state index in [1.165, 1.54) is 0 Å². The number of aliphatic carboxylic acids is 1. The highest BCUT2D eigenvalue weighted by Gasteiger charge is 2.38. The second kappa shape index (κ2) is 10.8. The molecule has 35 heavy (non-hydrogen) atoms. The molecule has 0 unspecified atom stereocenters. The molecule has 0 aliphatic carbocycles. The Morgan fingerprint density at radius 3 is 2.54 bits per heavy atom. The number of carbonyl (C=O) groups excluding carboxylic acids is 1. The number of H-pyrrole nitrogens is 1. The maximum atomic E-state index is 12.6. The van der Waals surface area contributed by atoms with Crippen molar-refractivity contribution in [3.05, 3.63) is 47.0 Å². The van der Waals surface area contributed by atoms with Gasteiger partial charge in [-0.05, 0) is 55.7 Å². The molecule has 1 aliphatic rings. The average Bonchev–Trinajstić information content (AvgIpc) is 3.21. The van der Waals surface area contributed by atoms with Gasteiger partial charge in [-0.1, -0.05) is 17.7 Å². The van der Waals surface area contributed by atoms with E-state index < -0.39 is 12.1 Å². The van der Waals surface area contributed by atoms with Crippen molar-refractivity contribution in [2.24, 2.45) is 5.92 Å². The van der Waals surface area contributed by atoms with Crippen LogP contribution < -0.4 is 10.6 Å². The Bertz CT molecular complexity index is 1280. The number of alkyl halides is 3. The molecular weight excluding hydrogens is 487 g/mol. The number of hydrogen-bond acceptors (Lipinski definition) is 5. The van der Waals surface area contributed by atoms with Crippen molar-refractivity contribution in [2.45, 2.75) is 32.0 Å². The van der Waals surface area contributed by atoms with E-state index in [2.05, 4.69) is 33.8 Å². The van der Waals surface area contributed by atoms with Gasteiger partial charge in [0, 0.05) is 28.6 Å². The molecule has 0 saturated carbocycles. The van der Waals surface area contributed by atoms with Crippen molar-refractivity contribution >= 4 is 40.2 Å². The van der Waals surface area contributed by atoms with Crippen molar-refractivity contribution in [3.8, 4) is 17.2 Å². The zero-order valence-corrected chi connectivity index (χ0v) is 19.2. The highest BCUT2D eigenvalue weighted by atomic mass is 35.5. The van der Waals surface area contributed by atoms with Crippen LogP contribution in [0.1, 0.15) is 25.3 Å². The van der Waals surface area contributed by atoms with Crippen LogP contribution in [0.15, 0.2) is 36.4 Å². The molecule has 1 aromatic heterocycles. The van der Waals surface area contributed by atoms with Gasteiger partial charge in [0.2, 0.25) is 5.91 Å². The lowest BCUT2D eigenvalue weighted by molar-refractivity contribution is -0.192. The van der Waals surface area contributed by atoms with E-state index >= 15 is 0 Å². The summed E-state index contributed by atoms with van der Waals surface area (Å²) in [6.45, 7) is 2.81. The molecule has 4 N–H and O–H groups in total. The number of rotatable bonds is 3. The quantitative estimate of drug-likeness (QED) is 0.406. The highest BCUT2D eigenvalue weighted by molar-refractivity contribution is 6.33. The molecule has 1 amide bonds. The molecule has 0 spiro atoms. The van der Waals surface area contributed by atoms with Crippen molar-refractivity contribution < 1.29 is 27.9 Å². The monoisotopic (exact) mass is 507 g/mol. The summed E-state index contributed by atoms with van der Waals surface area (Å²) in [4.78, 5) is 21.5. The lowest BCUT2D eigenvalue weighted by atomic mass is 9.95. The normalized spacial score (nSPS) is 17.7. The summed E-state index contributed by atoms with van der Waals surface area (Å²) in [5, 5.41) is 31.2. The largest absolute Gasteiger partial charge is 0.490 e. The number of piperidine rings is 1. The third kappa shape index (κ3) is 6.49. The number of nitrogens with one attached hydrogen (secondary N) is 3. The third-order valence-corrected chi connectivity index (χ3v) is 5.81. The number of amides is 1. The number of nitrogens with zero attached hydrogens (tertiary/aromatic N) is 2. The van der Waals surface area contributed by atoms with Crippen molar-refractivity contribution in [1.82, 2.24) is 15.5 Å².